The van der Waals surface area contributed by atoms with Crippen LogP contribution < -0.4 is 5.32 Å². The molecule has 0 amide bonds. The van der Waals surface area contributed by atoms with E-state index in [4.69, 9.17) is 5.11 Å². The molecule has 0 aromatic carbocycles. The predicted molar refractivity (Wildman–Crippen MR) is 82.8 cm³/mol. The van der Waals surface area contributed by atoms with Crippen molar-refractivity contribution in [2.45, 2.75) is 83.6 Å². The summed E-state index contributed by atoms with van der Waals surface area (Å²) in [6.45, 7) is 3.39. The first kappa shape index (κ1) is 16.5. The maximum absolute atomic E-state index is 8.87. The minimum absolute atomic E-state index is 0.262. The number of nitrogens with one attached hydrogen (secondary N) is 1. The second-order valence-corrected chi connectivity index (χ2v) is 5.72. The quantitative estimate of drug-likeness (QED) is 0.531. The lowest BCUT2D eigenvalue weighted by molar-refractivity contribution is 0.274. The van der Waals surface area contributed by atoms with Crippen LogP contribution in [0.2, 0.25) is 0 Å². The summed E-state index contributed by atoms with van der Waals surface area (Å²) >= 11 is 0. The highest BCUT2D eigenvalue weighted by Crippen LogP contribution is 2.11. The fourth-order valence-electron chi connectivity index (χ4n) is 2.62. The van der Waals surface area contributed by atoms with Gasteiger partial charge in [-0.25, -0.2) is 0 Å². The number of unbranched alkanes of at least 4 members (excludes halogenated alkanes) is 8. The van der Waals surface area contributed by atoms with E-state index in [9.17, 15) is 0 Å². The van der Waals surface area contributed by atoms with Gasteiger partial charge < -0.3 is 10.4 Å². The van der Waals surface area contributed by atoms with E-state index in [0.29, 0.717) is 6.04 Å². The third-order valence-corrected chi connectivity index (χ3v) is 3.87. The summed E-state index contributed by atoms with van der Waals surface area (Å²) < 4.78 is 0. The topological polar surface area (TPSA) is 44.6 Å². The smallest absolute Gasteiger partial charge is 0.0966 e. The van der Waals surface area contributed by atoms with Crippen LogP contribution in [0.1, 0.15) is 77.6 Å². The molecule has 0 spiro atoms. The van der Waals surface area contributed by atoms with Gasteiger partial charge in [0.2, 0.25) is 0 Å². The third kappa shape index (κ3) is 8.25. The molecule has 0 aromatic rings. The molecule has 3 nitrogen and oxygen atoms in total. The first-order chi connectivity index (χ1) is 9.36. The van der Waals surface area contributed by atoms with E-state index >= 15 is 0 Å². The third-order valence-electron chi connectivity index (χ3n) is 3.87. The van der Waals surface area contributed by atoms with Gasteiger partial charge in [-0.05, 0) is 12.8 Å². The van der Waals surface area contributed by atoms with Gasteiger partial charge in [0, 0.05) is 19.1 Å². The fraction of sp³-hybridized carbons (Fsp3) is 0.938. The summed E-state index contributed by atoms with van der Waals surface area (Å²) in [5.41, 5.74) is 0. The van der Waals surface area contributed by atoms with Crippen molar-refractivity contribution in [1.82, 2.24) is 5.32 Å². The molecule has 1 aliphatic rings. The molecule has 1 heterocycles. The van der Waals surface area contributed by atoms with Crippen molar-refractivity contribution < 1.29 is 5.11 Å². The summed E-state index contributed by atoms with van der Waals surface area (Å²) in [7, 11) is 0. The number of rotatable bonds is 12. The summed E-state index contributed by atoms with van der Waals surface area (Å²) in [5, 5.41) is 12.3. The number of aliphatic hydroxyl groups is 1. The van der Waals surface area contributed by atoms with E-state index < -0.39 is 0 Å². The van der Waals surface area contributed by atoms with Gasteiger partial charge in [-0.15, -0.1) is 0 Å². The summed E-state index contributed by atoms with van der Waals surface area (Å²) in [4.78, 5) is 4.50. The van der Waals surface area contributed by atoms with Crippen LogP contribution in [0, 0.1) is 0 Å². The molecule has 112 valence electrons. The molecule has 2 N–H and O–H groups in total. The molecule has 19 heavy (non-hydrogen) atoms. The molecule has 0 bridgehead atoms. The normalized spacial score (nSPS) is 18.4. The minimum atomic E-state index is 0.262. The lowest BCUT2D eigenvalue weighted by Gasteiger charge is -2.09. The van der Waals surface area contributed by atoms with Gasteiger partial charge in [0.05, 0.1) is 12.4 Å². The molecule has 1 aliphatic heterocycles. The zero-order chi connectivity index (χ0) is 13.8. The molecule has 1 rings (SSSR count). The molecule has 0 aliphatic carbocycles. The van der Waals surface area contributed by atoms with E-state index in [2.05, 4.69) is 17.2 Å². The molecule has 0 fully saturated rings. The number of hydrogen-bond donors (Lipinski definition) is 2. The number of aliphatic imine (C=N–C) groups is 1. The molecular formula is C16H32N2O. The van der Waals surface area contributed by atoms with Crippen molar-refractivity contribution in [3.63, 3.8) is 0 Å². The molecule has 0 saturated heterocycles. The van der Waals surface area contributed by atoms with Crippen molar-refractivity contribution in [2.75, 3.05) is 13.2 Å². The Kier molecular flexibility index (Phi) is 9.78. The van der Waals surface area contributed by atoms with Gasteiger partial charge in [-0.3, -0.25) is 4.99 Å². The van der Waals surface area contributed by atoms with Gasteiger partial charge in [0.15, 0.2) is 0 Å². The zero-order valence-electron chi connectivity index (χ0n) is 12.7. The lowest BCUT2D eigenvalue weighted by atomic mass is 10.1. The molecule has 0 radical (unpaired) electrons. The average molecular weight is 268 g/mol. The average Bonchev–Trinajstić information content (AvgIpc) is 2.85. The Morgan fingerprint density at radius 1 is 1.05 bits per heavy atom. The van der Waals surface area contributed by atoms with Gasteiger partial charge in [0.25, 0.3) is 0 Å². The van der Waals surface area contributed by atoms with Crippen LogP contribution in [-0.4, -0.2) is 30.1 Å². The number of nitrogens with zero attached hydrogens (tertiary/aromatic N) is 1. The highest BCUT2D eigenvalue weighted by molar-refractivity contribution is 5.83. The number of hydrogen-bond acceptors (Lipinski definition) is 3. The summed E-state index contributed by atoms with van der Waals surface area (Å²) in [5.74, 6) is 1.17. The Morgan fingerprint density at radius 3 is 2.32 bits per heavy atom. The Bertz CT molecular complexity index is 241. The fourth-order valence-corrected chi connectivity index (χ4v) is 2.62. The highest BCUT2D eigenvalue weighted by Gasteiger charge is 2.15. The second kappa shape index (κ2) is 11.3. The molecule has 1 unspecified atom stereocenters. The molecule has 3 heteroatoms. The van der Waals surface area contributed by atoms with Crippen LogP contribution in [-0.2, 0) is 0 Å². The van der Waals surface area contributed by atoms with E-state index in [1.165, 1.54) is 63.6 Å². The van der Waals surface area contributed by atoms with Gasteiger partial charge >= 0.3 is 0 Å². The standard InChI is InChI=1S/C16H32N2O/c1-2-3-4-5-6-7-8-9-10-11-16-17-14-15(18-16)12-13-19/h15,19H,2-14H2,1H3,(H,17,18). The molecular weight excluding hydrogens is 236 g/mol. The zero-order valence-corrected chi connectivity index (χ0v) is 12.7. The van der Waals surface area contributed by atoms with Crippen LogP contribution in [0.5, 0.6) is 0 Å². The van der Waals surface area contributed by atoms with Crippen LogP contribution in [0.15, 0.2) is 4.99 Å². The predicted octanol–water partition coefficient (Wildman–Crippen LogP) is 3.66. The Hall–Kier alpha value is -0.570. The Balaban J connectivity index is 1.84. The first-order valence-electron chi connectivity index (χ1n) is 8.27. The van der Waals surface area contributed by atoms with Crippen molar-refractivity contribution in [3.8, 4) is 0 Å². The Labute approximate surface area is 118 Å². The SMILES string of the molecule is CCCCCCCCCCCC1=NCC(CCO)N1. The van der Waals surface area contributed by atoms with Crippen molar-refractivity contribution in [1.29, 1.82) is 0 Å². The molecule has 0 aromatic heterocycles. The van der Waals surface area contributed by atoms with E-state index in [-0.39, 0.29) is 6.61 Å². The van der Waals surface area contributed by atoms with Gasteiger partial charge in [-0.1, -0.05) is 58.3 Å². The van der Waals surface area contributed by atoms with Gasteiger partial charge in [0.1, 0.15) is 0 Å². The lowest BCUT2D eigenvalue weighted by Crippen LogP contribution is -2.30. The van der Waals surface area contributed by atoms with E-state index in [1.807, 2.05) is 0 Å². The van der Waals surface area contributed by atoms with E-state index in [0.717, 1.165) is 19.4 Å². The van der Waals surface area contributed by atoms with Gasteiger partial charge in [-0.2, -0.15) is 0 Å². The number of amidine groups is 1. The van der Waals surface area contributed by atoms with Crippen LogP contribution in [0.3, 0.4) is 0 Å². The largest absolute Gasteiger partial charge is 0.396 e. The second-order valence-electron chi connectivity index (χ2n) is 5.72. The van der Waals surface area contributed by atoms with Crippen molar-refractivity contribution >= 4 is 5.84 Å². The molecule has 1 atom stereocenters. The first-order valence-corrected chi connectivity index (χ1v) is 8.27. The molecule has 0 saturated carbocycles. The minimum Gasteiger partial charge on any atom is -0.396 e. The maximum Gasteiger partial charge on any atom is 0.0966 e. The van der Waals surface area contributed by atoms with Crippen LogP contribution in [0.25, 0.3) is 0 Å². The monoisotopic (exact) mass is 268 g/mol. The number of aliphatic hydroxyl groups excluding tert-OH is 1. The Morgan fingerprint density at radius 2 is 1.68 bits per heavy atom. The summed E-state index contributed by atoms with van der Waals surface area (Å²) in [6.07, 6.45) is 14.3. The maximum atomic E-state index is 8.87. The summed E-state index contributed by atoms with van der Waals surface area (Å²) in [6, 6.07) is 0.388. The van der Waals surface area contributed by atoms with E-state index in [1.54, 1.807) is 0 Å². The highest BCUT2D eigenvalue weighted by atomic mass is 16.3. The van der Waals surface area contributed by atoms with Crippen LogP contribution >= 0.6 is 0 Å². The van der Waals surface area contributed by atoms with Crippen LogP contribution in [0.4, 0.5) is 0 Å². The van der Waals surface area contributed by atoms with Crippen molar-refractivity contribution in [3.05, 3.63) is 0 Å². The van der Waals surface area contributed by atoms with Crippen molar-refractivity contribution in [2.24, 2.45) is 4.99 Å².